The van der Waals surface area contributed by atoms with E-state index in [1.54, 1.807) is 12.1 Å². The molecule has 29 heavy (non-hydrogen) atoms. The lowest BCUT2D eigenvalue weighted by molar-refractivity contribution is 0.0588. The fourth-order valence-electron chi connectivity index (χ4n) is 3.39. The molecule has 1 unspecified atom stereocenters. The molecule has 2 aromatic rings. The molecule has 1 fully saturated rings. The lowest BCUT2D eigenvalue weighted by atomic mass is 10.1. The second-order valence-electron chi connectivity index (χ2n) is 7.38. The van der Waals surface area contributed by atoms with Gasteiger partial charge < -0.3 is 14.7 Å². The highest BCUT2D eigenvalue weighted by Gasteiger charge is 2.25. The summed E-state index contributed by atoms with van der Waals surface area (Å²) in [5.74, 6) is 0.780. The van der Waals surface area contributed by atoms with Crippen LogP contribution in [0.3, 0.4) is 0 Å². The minimum Gasteiger partial charge on any atom is -0.491 e. The van der Waals surface area contributed by atoms with Crippen LogP contribution in [0.25, 0.3) is 0 Å². The van der Waals surface area contributed by atoms with Crippen LogP contribution in [0, 0.1) is 6.92 Å². The highest BCUT2D eigenvalue weighted by molar-refractivity contribution is 7.89. The fourth-order valence-corrected chi connectivity index (χ4v) is 4.82. The van der Waals surface area contributed by atoms with Gasteiger partial charge in [-0.2, -0.15) is 0 Å². The molecule has 1 aliphatic rings. The van der Waals surface area contributed by atoms with Crippen LogP contribution < -0.4 is 9.46 Å². The van der Waals surface area contributed by atoms with Gasteiger partial charge in [0, 0.05) is 17.6 Å². The first-order chi connectivity index (χ1) is 13.8. The highest BCUT2D eigenvalue weighted by atomic mass is 35.5. The van der Waals surface area contributed by atoms with Crippen LogP contribution >= 0.6 is 11.6 Å². The number of piperidine rings is 1. The molecule has 0 spiro atoms. The van der Waals surface area contributed by atoms with Crippen molar-refractivity contribution >= 4 is 21.6 Å². The van der Waals surface area contributed by atoms with Crippen LogP contribution in [-0.2, 0) is 10.0 Å². The second-order valence-corrected chi connectivity index (χ2v) is 9.53. The molecule has 2 N–H and O–H groups in total. The molecule has 8 heteroatoms. The number of aliphatic hydroxyl groups is 1. The average molecular weight is 439 g/mol. The third-order valence-corrected chi connectivity index (χ3v) is 6.82. The Morgan fingerprint density at radius 1 is 1.17 bits per heavy atom. The number of β-amino-alcohol motifs (C(OH)–C–C–N with tert-alkyl or cyclic N) is 1. The van der Waals surface area contributed by atoms with Gasteiger partial charge in [-0.15, -0.1) is 0 Å². The van der Waals surface area contributed by atoms with E-state index in [-0.39, 0.29) is 17.5 Å². The van der Waals surface area contributed by atoms with Crippen molar-refractivity contribution < 1.29 is 18.3 Å². The number of nitrogens with one attached hydrogen (secondary N) is 1. The number of aryl methyl sites for hydroxylation is 1. The summed E-state index contributed by atoms with van der Waals surface area (Å²) in [6.07, 6.45) is 0.785. The molecule has 2 aromatic carbocycles. The molecule has 1 atom stereocenters. The van der Waals surface area contributed by atoms with Gasteiger partial charge in [0.25, 0.3) is 0 Å². The van der Waals surface area contributed by atoms with Crippen molar-refractivity contribution in [1.29, 1.82) is 0 Å². The molecule has 0 amide bonds. The van der Waals surface area contributed by atoms with E-state index in [1.165, 1.54) is 12.1 Å². The normalized spacial score (nSPS) is 17.2. The Labute approximate surface area is 177 Å². The van der Waals surface area contributed by atoms with E-state index in [1.807, 2.05) is 31.2 Å². The molecule has 6 nitrogen and oxygen atoms in total. The van der Waals surface area contributed by atoms with Crippen LogP contribution in [0.4, 0.5) is 0 Å². The topological polar surface area (TPSA) is 78.9 Å². The number of aliphatic hydroxyl groups excluding tert-OH is 1. The van der Waals surface area contributed by atoms with Crippen LogP contribution in [-0.4, -0.2) is 56.8 Å². The molecule has 0 aliphatic carbocycles. The zero-order chi connectivity index (χ0) is 20.9. The van der Waals surface area contributed by atoms with Crippen molar-refractivity contribution in [3.05, 3.63) is 59.1 Å². The summed E-state index contributed by atoms with van der Waals surface area (Å²) in [5, 5.41) is 10.8. The van der Waals surface area contributed by atoms with Gasteiger partial charge in [-0.05, 0) is 68.8 Å². The summed E-state index contributed by atoms with van der Waals surface area (Å²) in [7, 11) is -3.56. The minimum absolute atomic E-state index is 0.118. The molecular formula is C21H27ClN2O4S. The number of nitrogens with zero attached hydrogens (tertiary/aromatic N) is 1. The standard InChI is InChI=1S/C21H27ClN2O4S/c1-16-4-2-3-5-21(16)28-15-19(25)14-24-12-10-18(11-13-24)23-29(26,27)20-8-6-17(22)7-9-20/h2-9,18-19,23,25H,10-15H2,1H3. The van der Waals surface area contributed by atoms with Gasteiger partial charge in [-0.25, -0.2) is 13.1 Å². The van der Waals surface area contributed by atoms with E-state index in [2.05, 4.69) is 9.62 Å². The molecule has 0 radical (unpaired) electrons. The second kappa shape index (κ2) is 9.91. The Morgan fingerprint density at radius 2 is 1.83 bits per heavy atom. The van der Waals surface area contributed by atoms with E-state index in [0.717, 1.165) is 24.4 Å². The number of ether oxygens (including phenoxy) is 1. The summed E-state index contributed by atoms with van der Waals surface area (Å²) < 4.78 is 33.5. The first kappa shape index (κ1) is 22.1. The third kappa shape index (κ3) is 6.42. The summed E-state index contributed by atoms with van der Waals surface area (Å²) in [4.78, 5) is 2.35. The Hall–Kier alpha value is -1.64. The molecule has 0 saturated carbocycles. The van der Waals surface area contributed by atoms with Crippen molar-refractivity contribution in [2.24, 2.45) is 0 Å². The van der Waals surface area contributed by atoms with E-state index in [0.29, 0.717) is 24.4 Å². The smallest absolute Gasteiger partial charge is 0.240 e. The molecule has 1 aliphatic heterocycles. The third-order valence-electron chi connectivity index (χ3n) is 5.03. The minimum atomic E-state index is -3.56. The van der Waals surface area contributed by atoms with Gasteiger partial charge in [0.05, 0.1) is 4.90 Å². The van der Waals surface area contributed by atoms with E-state index in [4.69, 9.17) is 16.3 Å². The zero-order valence-electron chi connectivity index (χ0n) is 16.4. The predicted octanol–water partition coefficient (Wildman–Crippen LogP) is 2.83. The van der Waals surface area contributed by atoms with Gasteiger partial charge in [0.2, 0.25) is 10.0 Å². The maximum atomic E-state index is 12.5. The quantitative estimate of drug-likeness (QED) is 0.662. The van der Waals surface area contributed by atoms with Crippen molar-refractivity contribution in [2.45, 2.75) is 36.8 Å². The van der Waals surface area contributed by atoms with Crippen molar-refractivity contribution in [2.75, 3.05) is 26.2 Å². The molecule has 1 heterocycles. The largest absolute Gasteiger partial charge is 0.491 e. The van der Waals surface area contributed by atoms with Gasteiger partial charge in [-0.3, -0.25) is 0 Å². The molecule has 0 aromatic heterocycles. The Bertz CT molecular complexity index is 897. The van der Waals surface area contributed by atoms with Crippen molar-refractivity contribution in [1.82, 2.24) is 9.62 Å². The van der Waals surface area contributed by atoms with Gasteiger partial charge >= 0.3 is 0 Å². The Morgan fingerprint density at radius 3 is 2.48 bits per heavy atom. The molecular weight excluding hydrogens is 412 g/mol. The number of hydrogen-bond acceptors (Lipinski definition) is 5. The summed E-state index contributed by atoms with van der Waals surface area (Å²) in [5.41, 5.74) is 1.04. The lowest BCUT2D eigenvalue weighted by Gasteiger charge is -2.33. The fraction of sp³-hybridized carbons (Fsp3) is 0.429. The van der Waals surface area contributed by atoms with Crippen LogP contribution in [0.5, 0.6) is 5.75 Å². The van der Waals surface area contributed by atoms with Crippen molar-refractivity contribution in [3.8, 4) is 5.75 Å². The van der Waals surface area contributed by atoms with Gasteiger partial charge in [-0.1, -0.05) is 29.8 Å². The SMILES string of the molecule is Cc1ccccc1OCC(O)CN1CCC(NS(=O)(=O)c2ccc(Cl)cc2)CC1. The van der Waals surface area contributed by atoms with E-state index >= 15 is 0 Å². The molecule has 0 bridgehead atoms. The van der Waals surface area contributed by atoms with Crippen molar-refractivity contribution in [3.63, 3.8) is 0 Å². The van der Waals surface area contributed by atoms with Crippen LogP contribution in [0.2, 0.25) is 5.02 Å². The number of benzene rings is 2. The van der Waals surface area contributed by atoms with E-state index in [9.17, 15) is 13.5 Å². The maximum Gasteiger partial charge on any atom is 0.240 e. The maximum absolute atomic E-state index is 12.5. The number of hydrogen-bond donors (Lipinski definition) is 2. The molecule has 1 saturated heterocycles. The summed E-state index contributed by atoms with van der Waals surface area (Å²) in [6, 6.07) is 13.7. The van der Waals surface area contributed by atoms with Crippen LogP contribution in [0.15, 0.2) is 53.4 Å². The summed E-state index contributed by atoms with van der Waals surface area (Å²) in [6.45, 7) is 4.14. The summed E-state index contributed by atoms with van der Waals surface area (Å²) >= 11 is 5.83. The Kier molecular flexibility index (Phi) is 7.54. The lowest BCUT2D eigenvalue weighted by Crippen LogP contribution is -2.47. The van der Waals surface area contributed by atoms with E-state index < -0.39 is 16.1 Å². The first-order valence-electron chi connectivity index (χ1n) is 9.70. The van der Waals surface area contributed by atoms with Crippen LogP contribution in [0.1, 0.15) is 18.4 Å². The number of halogens is 1. The number of para-hydroxylation sites is 1. The van der Waals surface area contributed by atoms with Gasteiger partial charge in [0.15, 0.2) is 0 Å². The zero-order valence-corrected chi connectivity index (χ0v) is 18.0. The van der Waals surface area contributed by atoms with Gasteiger partial charge in [0.1, 0.15) is 18.5 Å². The molecule has 3 rings (SSSR count). The monoisotopic (exact) mass is 438 g/mol. The number of rotatable bonds is 8. The molecule has 158 valence electrons. The average Bonchev–Trinajstić information content (AvgIpc) is 2.69. The highest BCUT2D eigenvalue weighted by Crippen LogP contribution is 2.19. The number of sulfonamides is 1. The predicted molar refractivity (Wildman–Crippen MR) is 114 cm³/mol. The number of likely N-dealkylation sites (tertiary alicyclic amines) is 1. The Balaban J connectivity index is 1.43. The first-order valence-corrected chi connectivity index (χ1v) is 11.6.